The fourth-order valence-corrected chi connectivity index (χ4v) is 5.39. The van der Waals surface area contributed by atoms with Gasteiger partial charge < -0.3 is 15.2 Å². The van der Waals surface area contributed by atoms with Crippen LogP contribution in [0.15, 0.2) is 29.2 Å². The number of ether oxygens (including phenoxy) is 1. The van der Waals surface area contributed by atoms with Crippen LogP contribution in [0.3, 0.4) is 0 Å². The molecule has 2 heterocycles. The molecule has 0 aromatic heterocycles. The van der Waals surface area contributed by atoms with Crippen molar-refractivity contribution in [1.29, 1.82) is 0 Å². The van der Waals surface area contributed by atoms with Gasteiger partial charge in [-0.05, 0) is 57.3 Å². The van der Waals surface area contributed by atoms with E-state index >= 15 is 0 Å². The molecule has 2 aliphatic rings. The molecule has 2 atom stereocenters. The summed E-state index contributed by atoms with van der Waals surface area (Å²) in [7, 11) is 0. The van der Waals surface area contributed by atoms with Crippen molar-refractivity contribution in [2.24, 2.45) is 5.92 Å². The van der Waals surface area contributed by atoms with Crippen LogP contribution in [0.5, 0.6) is 0 Å². The number of esters is 1. The maximum Gasteiger partial charge on any atom is 0.323 e. The highest BCUT2D eigenvalue weighted by Crippen LogP contribution is 2.34. The monoisotopic (exact) mass is 463 g/mol. The minimum atomic E-state index is -1.08. The molecule has 0 radical (unpaired) electrons. The third-order valence-corrected chi connectivity index (χ3v) is 7.11. The minimum absolute atomic E-state index is 0.273. The van der Waals surface area contributed by atoms with Gasteiger partial charge in [0.1, 0.15) is 12.6 Å². The SMILES string of the molecule is CCOC(=O)[C@@H](CCCC1CCNCC1)NC1CSc2ccccc2N(CC(=O)O)C1=O. The number of nitrogens with zero attached hydrogens (tertiary/aromatic N) is 1. The molecule has 0 spiro atoms. The Hall–Kier alpha value is -2.10. The molecule has 3 N–H and O–H groups in total. The number of carbonyl (C=O) groups is 3. The molecule has 2 aliphatic heterocycles. The van der Waals surface area contributed by atoms with Gasteiger partial charge in [0.2, 0.25) is 5.91 Å². The summed E-state index contributed by atoms with van der Waals surface area (Å²) in [6.45, 7) is 3.70. The number of aliphatic carboxylic acids is 1. The molecule has 176 valence electrons. The van der Waals surface area contributed by atoms with E-state index in [1.165, 1.54) is 16.7 Å². The largest absolute Gasteiger partial charge is 0.480 e. The summed E-state index contributed by atoms with van der Waals surface area (Å²) in [4.78, 5) is 39.6. The lowest BCUT2D eigenvalue weighted by Gasteiger charge is -2.27. The average molecular weight is 464 g/mol. The van der Waals surface area contributed by atoms with E-state index in [0.29, 0.717) is 23.8 Å². The fraction of sp³-hybridized carbons (Fsp3) is 0.609. The molecule has 9 heteroatoms. The van der Waals surface area contributed by atoms with Gasteiger partial charge in [0.25, 0.3) is 0 Å². The predicted molar refractivity (Wildman–Crippen MR) is 124 cm³/mol. The van der Waals surface area contributed by atoms with Gasteiger partial charge in [0.15, 0.2) is 0 Å². The van der Waals surface area contributed by atoms with Gasteiger partial charge >= 0.3 is 11.9 Å². The van der Waals surface area contributed by atoms with Crippen LogP contribution in [0.4, 0.5) is 5.69 Å². The highest BCUT2D eigenvalue weighted by atomic mass is 32.2. The molecule has 1 amide bonds. The number of thioether (sulfide) groups is 1. The third-order valence-electron chi connectivity index (χ3n) is 5.96. The van der Waals surface area contributed by atoms with Crippen molar-refractivity contribution in [2.75, 3.05) is 36.9 Å². The second-order valence-corrected chi connectivity index (χ2v) is 9.31. The number of benzene rings is 1. The van der Waals surface area contributed by atoms with Gasteiger partial charge in [-0.15, -0.1) is 11.8 Å². The second kappa shape index (κ2) is 12.2. The summed E-state index contributed by atoms with van der Waals surface area (Å²) < 4.78 is 5.27. The molecule has 3 rings (SSSR count). The normalized spacial score (nSPS) is 20.3. The van der Waals surface area contributed by atoms with Gasteiger partial charge in [0, 0.05) is 10.6 Å². The van der Waals surface area contributed by atoms with E-state index < -0.39 is 24.6 Å². The predicted octanol–water partition coefficient (Wildman–Crippen LogP) is 2.27. The maximum absolute atomic E-state index is 13.3. The first-order valence-electron chi connectivity index (χ1n) is 11.4. The number of nitrogens with one attached hydrogen (secondary N) is 2. The Morgan fingerprint density at radius 2 is 2.06 bits per heavy atom. The molecule has 1 aromatic carbocycles. The van der Waals surface area contributed by atoms with E-state index in [2.05, 4.69) is 10.6 Å². The molecule has 0 aliphatic carbocycles. The number of para-hydroxylation sites is 1. The lowest BCUT2D eigenvalue weighted by Crippen LogP contribution is -2.54. The number of fused-ring (bicyclic) bond motifs is 1. The molecule has 8 nitrogen and oxygen atoms in total. The van der Waals surface area contributed by atoms with Gasteiger partial charge in [-0.2, -0.15) is 0 Å². The van der Waals surface area contributed by atoms with E-state index in [9.17, 15) is 19.5 Å². The standard InChI is InChI=1S/C23H33N3O5S/c1-2-31-23(30)17(7-5-6-16-10-12-24-13-11-16)25-18-15-32-20-9-4-3-8-19(20)26(22(18)29)14-21(27)28/h3-4,8-9,16-18,24-25H,2,5-7,10-15H2,1H3,(H,27,28)/t17-,18?/m1/s1. The molecule has 1 fully saturated rings. The number of anilines is 1. The zero-order chi connectivity index (χ0) is 22.9. The summed E-state index contributed by atoms with van der Waals surface area (Å²) in [5.74, 6) is -0.701. The van der Waals surface area contributed by atoms with Crippen LogP contribution < -0.4 is 15.5 Å². The number of hydrogen-bond donors (Lipinski definition) is 3. The second-order valence-electron chi connectivity index (χ2n) is 8.25. The summed E-state index contributed by atoms with van der Waals surface area (Å²) in [6, 6.07) is 6.02. The Bertz CT molecular complexity index is 800. The van der Waals surface area contributed by atoms with Gasteiger partial charge in [-0.1, -0.05) is 25.0 Å². The maximum atomic E-state index is 13.3. The molecular formula is C23H33N3O5S. The summed E-state index contributed by atoms with van der Waals surface area (Å²) >= 11 is 1.49. The highest BCUT2D eigenvalue weighted by Gasteiger charge is 2.35. The number of rotatable bonds is 10. The first-order chi connectivity index (χ1) is 15.5. The Kier molecular flexibility index (Phi) is 9.37. The summed E-state index contributed by atoms with van der Waals surface area (Å²) in [5, 5.41) is 15.9. The molecule has 32 heavy (non-hydrogen) atoms. The van der Waals surface area contributed by atoms with Crippen molar-refractivity contribution in [3.63, 3.8) is 0 Å². The van der Waals surface area contributed by atoms with Crippen LogP contribution in [0.25, 0.3) is 0 Å². The zero-order valence-electron chi connectivity index (χ0n) is 18.5. The van der Waals surface area contributed by atoms with Crippen LogP contribution in [0.2, 0.25) is 0 Å². The Morgan fingerprint density at radius 3 is 2.78 bits per heavy atom. The molecule has 0 saturated carbocycles. The molecule has 1 aromatic rings. The average Bonchev–Trinajstić information content (AvgIpc) is 2.91. The summed E-state index contributed by atoms with van der Waals surface area (Å²) in [6.07, 6.45) is 4.80. The van der Waals surface area contributed by atoms with Crippen molar-refractivity contribution < 1.29 is 24.2 Å². The smallest absolute Gasteiger partial charge is 0.323 e. The first-order valence-corrected chi connectivity index (χ1v) is 12.4. The quantitative estimate of drug-likeness (QED) is 0.454. The van der Waals surface area contributed by atoms with Crippen molar-refractivity contribution >= 4 is 35.3 Å². The first kappa shape index (κ1) is 24.5. The van der Waals surface area contributed by atoms with Crippen LogP contribution in [0.1, 0.15) is 39.0 Å². The van der Waals surface area contributed by atoms with Crippen molar-refractivity contribution in [1.82, 2.24) is 10.6 Å². The molecule has 0 bridgehead atoms. The van der Waals surface area contributed by atoms with Crippen molar-refractivity contribution in [2.45, 2.75) is 56.0 Å². The summed E-state index contributed by atoms with van der Waals surface area (Å²) in [5.41, 5.74) is 0.591. The zero-order valence-corrected chi connectivity index (χ0v) is 19.4. The number of carboxylic acids is 1. The van der Waals surface area contributed by atoms with E-state index in [1.54, 1.807) is 19.1 Å². The number of hydrogen-bond acceptors (Lipinski definition) is 7. The van der Waals surface area contributed by atoms with Crippen LogP contribution >= 0.6 is 11.8 Å². The van der Waals surface area contributed by atoms with E-state index in [4.69, 9.17) is 4.74 Å². The number of amides is 1. The van der Waals surface area contributed by atoms with E-state index in [-0.39, 0.29) is 18.5 Å². The third kappa shape index (κ3) is 6.70. The lowest BCUT2D eigenvalue weighted by molar-refractivity contribution is -0.146. The number of carbonyl (C=O) groups excluding carboxylic acids is 2. The molecular weight excluding hydrogens is 430 g/mol. The van der Waals surface area contributed by atoms with Crippen molar-refractivity contribution in [3.05, 3.63) is 24.3 Å². The lowest BCUT2D eigenvalue weighted by atomic mass is 9.91. The Morgan fingerprint density at radius 1 is 1.31 bits per heavy atom. The van der Waals surface area contributed by atoms with Crippen LogP contribution in [-0.2, 0) is 19.1 Å². The van der Waals surface area contributed by atoms with Gasteiger partial charge in [0.05, 0.1) is 18.3 Å². The highest BCUT2D eigenvalue weighted by molar-refractivity contribution is 7.99. The van der Waals surface area contributed by atoms with E-state index in [1.807, 2.05) is 12.1 Å². The van der Waals surface area contributed by atoms with Gasteiger partial charge in [-0.25, -0.2) is 0 Å². The Labute approximate surface area is 193 Å². The Balaban J connectivity index is 1.70. The van der Waals surface area contributed by atoms with Gasteiger partial charge in [-0.3, -0.25) is 24.6 Å². The number of piperidine rings is 1. The molecule has 1 unspecified atom stereocenters. The topological polar surface area (TPSA) is 108 Å². The van der Waals surface area contributed by atoms with Crippen LogP contribution in [0, 0.1) is 5.92 Å². The van der Waals surface area contributed by atoms with Crippen molar-refractivity contribution in [3.8, 4) is 0 Å². The molecule has 1 saturated heterocycles. The number of carboxylic acid groups (broad SMARTS) is 1. The van der Waals surface area contributed by atoms with E-state index in [0.717, 1.165) is 43.7 Å². The minimum Gasteiger partial charge on any atom is -0.480 e. The van der Waals surface area contributed by atoms with Crippen LogP contribution in [-0.4, -0.2) is 67.0 Å². The fourth-order valence-electron chi connectivity index (χ4n) is 4.31.